The van der Waals surface area contributed by atoms with Crippen molar-refractivity contribution in [1.82, 2.24) is 10.6 Å². The predicted molar refractivity (Wildman–Crippen MR) is 102 cm³/mol. The van der Waals surface area contributed by atoms with Gasteiger partial charge in [-0.2, -0.15) is 0 Å². The van der Waals surface area contributed by atoms with Crippen molar-refractivity contribution in [3.8, 4) is 0 Å². The largest absolute Gasteiger partial charge is 0.480 e. The molecule has 3 N–H and O–H groups in total. The number of hydrogen-bond donors (Lipinski definition) is 3. The summed E-state index contributed by atoms with van der Waals surface area (Å²) in [4.78, 5) is 47.3. The Bertz CT molecular complexity index is 675. The Hall–Kier alpha value is -2.90. The van der Waals surface area contributed by atoms with E-state index in [4.69, 9.17) is 4.74 Å². The van der Waals surface area contributed by atoms with Crippen molar-refractivity contribution < 1.29 is 29.0 Å². The number of ether oxygens (including phenoxy) is 1. The number of alkyl carbamates (subject to hydrolysis) is 1. The number of nitrogens with one attached hydrogen (secondary N) is 2. The van der Waals surface area contributed by atoms with E-state index in [1.165, 1.54) is 0 Å². The number of carbonyl (C=O) groups excluding carboxylic acids is 3. The molecule has 0 spiro atoms. The van der Waals surface area contributed by atoms with Gasteiger partial charge in [-0.15, -0.1) is 0 Å². The lowest BCUT2D eigenvalue weighted by Gasteiger charge is -2.23. The molecule has 0 aliphatic rings. The van der Waals surface area contributed by atoms with Crippen molar-refractivity contribution in [3.63, 3.8) is 0 Å². The molecule has 0 unspecified atom stereocenters. The van der Waals surface area contributed by atoms with E-state index in [0.29, 0.717) is 6.42 Å². The van der Waals surface area contributed by atoms with Gasteiger partial charge in [-0.25, -0.2) is 9.59 Å². The minimum atomic E-state index is -1.23. The molecule has 0 saturated carbocycles. The molecule has 0 radical (unpaired) electrons. The lowest BCUT2D eigenvalue weighted by atomic mass is 10.0. The molecule has 0 saturated heterocycles. The summed E-state index contributed by atoms with van der Waals surface area (Å²) in [5, 5.41) is 14.2. The second kappa shape index (κ2) is 11.7. The van der Waals surface area contributed by atoms with E-state index in [9.17, 15) is 24.3 Å². The second-order valence-electron chi connectivity index (χ2n) is 6.76. The molecule has 0 bridgehead atoms. The topological polar surface area (TPSA) is 122 Å². The average molecular weight is 392 g/mol. The first-order chi connectivity index (χ1) is 13.2. The Labute approximate surface area is 164 Å². The van der Waals surface area contributed by atoms with Crippen LogP contribution in [0.4, 0.5) is 4.79 Å². The van der Waals surface area contributed by atoms with E-state index >= 15 is 0 Å². The van der Waals surface area contributed by atoms with Crippen molar-refractivity contribution in [1.29, 1.82) is 0 Å². The van der Waals surface area contributed by atoms with Crippen LogP contribution in [0.1, 0.15) is 45.6 Å². The Kier molecular flexibility index (Phi) is 9.70. The van der Waals surface area contributed by atoms with Gasteiger partial charge in [0.15, 0.2) is 0 Å². The zero-order valence-electron chi connectivity index (χ0n) is 16.4. The molecule has 1 rings (SSSR count). The first-order valence-corrected chi connectivity index (χ1v) is 9.26. The lowest BCUT2D eigenvalue weighted by Crippen LogP contribution is -2.53. The van der Waals surface area contributed by atoms with E-state index in [1.54, 1.807) is 32.9 Å². The Morgan fingerprint density at radius 2 is 1.71 bits per heavy atom. The minimum Gasteiger partial charge on any atom is -0.480 e. The van der Waals surface area contributed by atoms with Gasteiger partial charge >= 0.3 is 12.1 Å². The third-order valence-electron chi connectivity index (χ3n) is 4.16. The number of carboxylic acid groups (broad SMARTS) is 1. The highest BCUT2D eigenvalue weighted by Gasteiger charge is 2.29. The SMILES string of the molecule is CCC(=O)CC[C@H](NC(=O)[C@H](NC(=O)OCc1ccccc1)C(C)C)C(=O)O. The summed E-state index contributed by atoms with van der Waals surface area (Å²) in [7, 11) is 0. The normalized spacial score (nSPS) is 12.7. The third kappa shape index (κ3) is 8.20. The molecule has 28 heavy (non-hydrogen) atoms. The quantitative estimate of drug-likeness (QED) is 0.531. The molecule has 8 nitrogen and oxygen atoms in total. The van der Waals surface area contributed by atoms with Gasteiger partial charge in [0.1, 0.15) is 24.5 Å². The first-order valence-electron chi connectivity index (χ1n) is 9.26. The fourth-order valence-electron chi connectivity index (χ4n) is 2.43. The summed E-state index contributed by atoms with van der Waals surface area (Å²) >= 11 is 0. The van der Waals surface area contributed by atoms with E-state index in [0.717, 1.165) is 5.56 Å². The van der Waals surface area contributed by atoms with Crippen molar-refractivity contribution in [2.75, 3.05) is 0 Å². The molecule has 0 aliphatic heterocycles. The van der Waals surface area contributed by atoms with E-state index < -0.39 is 30.1 Å². The molecule has 0 heterocycles. The van der Waals surface area contributed by atoms with Crippen LogP contribution in [0.3, 0.4) is 0 Å². The van der Waals surface area contributed by atoms with Crippen LogP contribution in [0.15, 0.2) is 30.3 Å². The summed E-state index contributed by atoms with van der Waals surface area (Å²) in [6.45, 7) is 5.18. The molecule has 2 atom stereocenters. The summed E-state index contributed by atoms with van der Waals surface area (Å²) in [5.41, 5.74) is 0.801. The summed E-state index contributed by atoms with van der Waals surface area (Å²) < 4.78 is 5.11. The van der Waals surface area contributed by atoms with Crippen LogP contribution in [0.25, 0.3) is 0 Å². The highest BCUT2D eigenvalue weighted by Crippen LogP contribution is 2.07. The Balaban J connectivity index is 2.64. The summed E-state index contributed by atoms with van der Waals surface area (Å²) in [5.74, 6) is -2.24. The summed E-state index contributed by atoms with van der Waals surface area (Å²) in [6.07, 6.45) is -0.404. The molecule has 0 aromatic heterocycles. The predicted octanol–water partition coefficient (Wildman–Crippen LogP) is 2.27. The van der Waals surface area contributed by atoms with Crippen LogP contribution >= 0.6 is 0 Å². The number of carboxylic acids is 1. The molecular formula is C20H28N2O6. The average Bonchev–Trinajstić information content (AvgIpc) is 2.67. The van der Waals surface area contributed by atoms with Gasteiger partial charge in [0.25, 0.3) is 0 Å². The van der Waals surface area contributed by atoms with E-state index in [1.807, 2.05) is 18.2 Å². The minimum absolute atomic E-state index is 0.00296. The highest BCUT2D eigenvalue weighted by molar-refractivity contribution is 5.89. The van der Waals surface area contributed by atoms with E-state index in [2.05, 4.69) is 10.6 Å². The van der Waals surface area contributed by atoms with Crippen molar-refractivity contribution >= 4 is 23.8 Å². The smallest absolute Gasteiger partial charge is 0.408 e. The maximum absolute atomic E-state index is 12.5. The van der Waals surface area contributed by atoms with Crippen LogP contribution < -0.4 is 10.6 Å². The van der Waals surface area contributed by atoms with Crippen LogP contribution in [0.2, 0.25) is 0 Å². The van der Waals surface area contributed by atoms with Crippen molar-refractivity contribution in [2.24, 2.45) is 5.92 Å². The van der Waals surface area contributed by atoms with Gasteiger partial charge in [0.05, 0.1) is 0 Å². The van der Waals surface area contributed by atoms with Gasteiger partial charge in [-0.1, -0.05) is 51.1 Å². The summed E-state index contributed by atoms with van der Waals surface area (Å²) in [6, 6.07) is 6.91. The number of amides is 2. The number of rotatable bonds is 11. The third-order valence-corrected chi connectivity index (χ3v) is 4.16. The monoisotopic (exact) mass is 392 g/mol. The van der Waals surface area contributed by atoms with Gasteiger partial charge in [-0.3, -0.25) is 9.59 Å². The lowest BCUT2D eigenvalue weighted by molar-refractivity contribution is -0.142. The fourth-order valence-corrected chi connectivity index (χ4v) is 2.43. The van der Waals surface area contributed by atoms with Gasteiger partial charge < -0.3 is 20.5 Å². The standard InChI is InChI=1S/C20H28N2O6/c1-4-15(23)10-11-16(19(25)26)21-18(24)17(13(2)3)22-20(27)28-12-14-8-6-5-7-9-14/h5-9,13,16-17H,4,10-12H2,1-3H3,(H,21,24)(H,22,27)(H,25,26)/t16-,17+/m0/s1. The van der Waals surface area contributed by atoms with Crippen LogP contribution in [0.5, 0.6) is 0 Å². The molecular weight excluding hydrogens is 364 g/mol. The van der Waals surface area contributed by atoms with Crippen LogP contribution in [0, 0.1) is 5.92 Å². The Morgan fingerprint density at radius 3 is 2.25 bits per heavy atom. The van der Waals surface area contributed by atoms with Crippen LogP contribution in [-0.4, -0.2) is 40.9 Å². The number of Topliss-reactive ketones (excluding diaryl/α,β-unsaturated/α-hetero) is 1. The van der Waals surface area contributed by atoms with E-state index in [-0.39, 0.29) is 31.1 Å². The number of ketones is 1. The first kappa shape index (κ1) is 23.1. The Morgan fingerprint density at radius 1 is 1.07 bits per heavy atom. The molecule has 0 aliphatic carbocycles. The number of carbonyl (C=O) groups is 4. The number of aliphatic carboxylic acids is 1. The molecule has 1 aromatic rings. The molecule has 1 aromatic carbocycles. The van der Waals surface area contributed by atoms with Gasteiger partial charge in [-0.05, 0) is 17.9 Å². The molecule has 2 amide bonds. The zero-order valence-corrected chi connectivity index (χ0v) is 16.4. The fraction of sp³-hybridized carbons (Fsp3) is 0.500. The molecule has 0 fully saturated rings. The van der Waals surface area contributed by atoms with Crippen molar-refractivity contribution in [2.45, 2.75) is 58.7 Å². The number of benzene rings is 1. The maximum Gasteiger partial charge on any atom is 0.408 e. The molecule has 8 heteroatoms. The number of hydrogen-bond acceptors (Lipinski definition) is 5. The highest BCUT2D eigenvalue weighted by atomic mass is 16.5. The maximum atomic E-state index is 12.5. The zero-order chi connectivity index (χ0) is 21.1. The van der Waals surface area contributed by atoms with Gasteiger partial charge in [0, 0.05) is 12.8 Å². The van der Waals surface area contributed by atoms with Crippen LogP contribution in [-0.2, 0) is 25.7 Å². The van der Waals surface area contributed by atoms with Gasteiger partial charge in [0.2, 0.25) is 5.91 Å². The molecule has 154 valence electrons. The second-order valence-corrected chi connectivity index (χ2v) is 6.76. The van der Waals surface area contributed by atoms with Crippen molar-refractivity contribution in [3.05, 3.63) is 35.9 Å².